The zero-order chi connectivity index (χ0) is 17.1. The molecule has 24 heavy (non-hydrogen) atoms. The highest BCUT2D eigenvalue weighted by molar-refractivity contribution is 5.90. The van der Waals surface area contributed by atoms with Crippen molar-refractivity contribution in [3.8, 4) is 5.69 Å². The Balaban J connectivity index is 1.88. The van der Waals surface area contributed by atoms with E-state index in [2.05, 4.69) is 39.8 Å². The predicted molar refractivity (Wildman–Crippen MR) is 88.8 cm³/mol. The number of aryl methyl sites for hydroxylation is 1. The lowest BCUT2D eigenvalue weighted by Crippen LogP contribution is -2.21. The molecule has 2 heterocycles. The van der Waals surface area contributed by atoms with Gasteiger partial charge in [0.05, 0.1) is 11.4 Å². The molecule has 0 radical (unpaired) electrons. The van der Waals surface area contributed by atoms with E-state index in [-0.39, 0.29) is 18.4 Å². The molecule has 0 atom stereocenters. The SMILES string of the molecule is Cc1ccc(-n2nc(C(C)C)cc2NC(=O)Cn2cnnn2)cc1. The van der Waals surface area contributed by atoms with E-state index < -0.39 is 0 Å². The van der Waals surface area contributed by atoms with Crippen molar-refractivity contribution in [1.29, 1.82) is 0 Å². The maximum atomic E-state index is 12.2. The second kappa shape index (κ2) is 6.61. The van der Waals surface area contributed by atoms with Crippen LogP contribution in [0.1, 0.15) is 31.0 Å². The average molecular weight is 325 g/mol. The minimum atomic E-state index is -0.217. The van der Waals surface area contributed by atoms with Crippen molar-refractivity contribution in [3.63, 3.8) is 0 Å². The molecule has 3 rings (SSSR count). The number of rotatable bonds is 5. The van der Waals surface area contributed by atoms with Crippen molar-refractivity contribution in [2.75, 3.05) is 5.32 Å². The fourth-order valence-electron chi connectivity index (χ4n) is 2.24. The summed E-state index contributed by atoms with van der Waals surface area (Å²) in [5.41, 5.74) is 2.97. The molecule has 0 unspecified atom stereocenters. The molecule has 0 fully saturated rings. The fraction of sp³-hybridized carbons (Fsp3) is 0.312. The van der Waals surface area contributed by atoms with Crippen LogP contribution in [0, 0.1) is 6.92 Å². The van der Waals surface area contributed by atoms with Gasteiger partial charge in [0, 0.05) is 6.07 Å². The van der Waals surface area contributed by atoms with E-state index in [9.17, 15) is 4.79 Å². The smallest absolute Gasteiger partial charge is 0.247 e. The van der Waals surface area contributed by atoms with Crippen LogP contribution >= 0.6 is 0 Å². The van der Waals surface area contributed by atoms with Gasteiger partial charge in [0.2, 0.25) is 5.91 Å². The number of hydrogen-bond acceptors (Lipinski definition) is 5. The minimum Gasteiger partial charge on any atom is -0.309 e. The number of nitrogens with zero attached hydrogens (tertiary/aromatic N) is 6. The number of nitrogens with one attached hydrogen (secondary N) is 1. The number of amides is 1. The maximum absolute atomic E-state index is 12.2. The van der Waals surface area contributed by atoms with Crippen LogP contribution in [0.4, 0.5) is 5.82 Å². The van der Waals surface area contributed by atoms with Gasteiger partial charge in [-0.2, -0.15) is 5.10 Å². The van der Waals surface area contributed by atoms with Crippen LogP contribution in [0.5, 0.6) is 0 Å². The van der Waals surface area contributed by atoms with E-state index >= 15 is 0 Å². The van der Waals surface area contributed by atoms with Gasteiger partial charge in [-0.3, -0.25) is 4.79 Å². The number of aromatic nitrogens is 6. The van der Waals surface area contributed by atoms with Crippen molar-refractivity contribution >= 4 is 11.7 Å². The summed E-state index contributed by atoms with van der Waals surface area (Å²) in [6.45, 7) is 6.20. The molecule has 0 aliphatic carbocycles. The molecule has 1 aromatic carbocycles. The Bertz CT molecular complexity index is 819. The molecule has 0 spiro atoms. The zero-order valence-corrected chi connectivity index (χ0v) is 13.8. The van der Waals surface area contributed by atoms with Crippen LogP contribution in [0.15, 0.2) is 36.7 Å². The van der Waals surface area contributed by atoms with Gasteiger partial charge in [0.15, 0.2) is 0 Å². The van der Waals surface area contributed by atoms with Crippen LogP contribution in [0.2, 0.25) is 0 Å². The molecule has 2 aromatic heterocycles. The lowest BCUT2D eigenvalue weighted by Gasteiger charge is -2.09. The standard InChI is InChI=1S/C16H19N7O/c1-11(2)14-8-15(18-16(24)9-22-10-17-20-21-22)23(19-14)13-6-4-12(3)5-7-13/h4-8,10-11H,9H2,1-3H3,(H,18,24). The second-order valence-corrected chi connectivity index (χ2v) is 5.91. The van der Waals surface area contributed by atoms with Crippen LogP contribution in [0.25, 0.3) is 5.69 Å². The first-order valence-corrected chi connectivity index (χ1v) is 7.70. The molecular formula is C16H19N7O. The summed E-state index contributed by atoms with van der Waals surface area (Å²) in [6, 6.07) is 9.87. The third-order valence-electron chi connectivity index (χ3n) is 3.56. The van der Waals surface area contributed by atoms with Gasteiger partial charge in [-0.05, 0) is 35.4 Å². The first-order valence-electron chi connectivity index (χ1n) is 7.70. The first-order chi connectivity index (χ1) is 11.5. The average Bonchev–Trinajstić information content (AvgIpc) is 3.18. The number of benzene rings is 1. The summed E-state index contributed by atoms with van der Waals surface area (Å²) in [5, 5.41) is 18.2. The van der Waals surface area contributed by atoms with Crippen molar-refractivity contribution in [3.05, 3.63) is 47.9 Å². The lowest BCUT2D eigenvalue weighted by molar-refractivity contribution is -0.117. The summed E-state index contributed by atoms with van der Waals surface area (Å²) in [6.07, 6.45) is 1.40. The minimum absolute atomic E-state index is 0.0447. The lowest BCUT2D eigenvalue weighted by atomic mass is 10.1. The Morgan fingerprint density at radius 2 is 2.00 bits per heavy atom. The Hall–Kier alpha value is -3.03. The molecule has 0 aliphatic heterocycles. The quantitative estimate of drug-likeness (QED) is 0.774. The van der Waals surface area contributed by atoms with E-state index in [1.165, 1.54) is 16.6 Å². The third-order valence-corrected chi connectivity index (χ3v) is 3.56. The van der Waals surface area contributed by atoms with E-state index in [0.29, 0.717) is 5.82 Å². The fourth-order valence-corrected chi connectivity index (χ4v) is 2.24. The second-order valence-electron chi connectivity index (χ2n) is 5.91. The highest BCUT2D eigenvalue weighted by Gasteiger charge is 2.15. The van der Waals surface area contributed by atoms with E-state index in [1.54, 1.807) is 4.68 Å². The monoisotopic (exact) mass is 325 g/mol. The molecule has 0 saturated carbocycles. The summed E-state index contributed by atoms with van der Waals surface area (Å²) in [5.74, 6) is 0.665. The highest BCUT2D eigenvalue weighted by atomic mass is 16.2. The summed E-state index contributed by atoms with van der Waals surface area (Å²) >= 11 is 0. The molecule has 1 amide bonds. The first kappa shape index (κ1) is 15.9. The van der Waals surface area contributed by atoms with E-state index in [0.717, 1.165) is 11.4 Å². The number of anilines is 1. The molecule has 0 aliphatic rings. The Labute approximate surface area is 139 Å². The van der Waals surface area contributed by atoms with Crippen LogP contribution in [-0.2, 0) is 11.3 Å². The van der Waals surface area contributed by atoms with Crippen molar-refractivity contribution in [1.82, 2.24) is 30.0 Å². The normalized spacial score (nSPS) is 11.0. The van der Waals surface area contributed by atoms with E-state index in [4.69, 9.17) is 0 Å². The van der Waals surface area contributed by atoms with Gasteiger partial charge in [0.25, 0.3) is 0 Å². The summed E-state index contributed by atoms with van der Waals surface area (Å²) < 4.78 is 3.11. The maximum Gasteiger partial charge on any atom is 0.247 e. The molecular weight excluding hydrogens is 306 g/mol. The van der Waals surface area contributed by atoms with Gasteiger partial charge < -0.3 is 5.32 Å². The van der Waals surface area contributed by atoms with E-state index in [1.807, 2.05) is 37.3 Å². The Morgan fingerprint density at radius 1 is 1.25 bits per heavy atom. The topological polar surface area (TPSA) is 90.5 Å². The van der Waals surface area contributed by atoms with Crippen molar-refractivity contribution in [2.24, 2.45) is 0 Å². The van der Waals surface area contributed by atoms with Gasteiger partial charge in [-0.15, -0.1) is 5.10 Å². The van der Waals surface area contributed by atoms with Crippen molar-refractivity contribution in [2.45, 2.75) is 33.2 Å². The molecule has 8 nitrogen and oxygen atoms in total. The van der Waals surface area contributed by atoms with Gasteiger partial charge in [-0.1, -0.05) is 31.5 Å². The van der Waals surface area contributed by atoms with Gasteiger partial charge >= 0.3 is 0 Å². The van der Waals surface area contributed by atoms with Crippen LogP contribution < -0.4 is 5.32 Å². The molecule has 0 bridgehead atoms. The molecule has 0 saturated heterocycles. The molecule has 124 valence electrons. The number of carbonyl (C=O) groups is 1. The third kappa shape index (κ3) is 3.48. The Kier molecular flexibility index (Phi) is 4.37. The zero-order valence-electron chi connectivity index (χ0n) is 13.8. The van der Waals surface area contributed by atoms with Gasteiger partial charge in [0.1, 0.15) is 18.7 Å². The summed E-state index contributed by atoms with van der Waals surface area (Å²) in [4.78, 5) is 12.2. The largest absolute Gasteiger partial charge is 0.309 e. The predicted octanol–water partition coefficient (Wildman–Crippen LogP) is 1.93. The Morgan fingerprint density at radius 3 is 2.62 bits per heavy atom. The molecule has 8 heteroatoms. The summed E-state index contributed by atoms with van der Waals surface area (Å²) in [7, 11) is 0. The molecule has 1 N–H and O–H groups in total. The molecule has 3 aromatic rings. The van der Waals surface area contributed by atoms with Crippen molar-refractivity contribution < 1.29 is 4.79 Å². The number of hydrogen-bond donors (Lipinski definition) is 1. The number of carbonyl (C=O) groups excluding carboxylic acids is 1. The highest BCUT2D eigenvalue weighted by Crippen LogP contribution is 2.22. The van der Waals surface area contributed by atoms with Crippen LogP contribution in [-0.4, -0.2) is 35.9 Å². The van der Waals surface area contributed by atoms with Gasteiger partial charge in [-0.25, -0.2) is 9.36 Å². The van der Waals surface area contributed by atoms with Crippen LogP contribution in [0.3, 0.4) is 0 Å². The number of tetrazole rings is 1.